The predicted octanol–water partition coefficient (Wildman–Crippen LogP) is 5.98. The van der Waals surface area contributed by atoms with E-state index in [1.807, 2.05) is 0 Å². The van der Waals surface area contributed by atoms with Crippen LogP contribution in [0.3, 0.4) is 0 Å². The minimum atomic E-state index is -5.64. The van der Waals surface area contributed by atoms with Gasteiger partial charge in [0.2, 0.25) is 0 Å². The van der Waals surface area contributed by atoms with E-state index in [4.69, 9.17) is 17.0 Å². The first-order valence-electron chi connectivity index (χ1n) is 7.19. The third-order valence-corrected chi connectivity index (χ3v) is 3.65. The molecule has 2 aromatic carbocycles. The number of halogens is 9. The van der Waals surface area contributed by atoms with E-state index in [0.717, 1.165) is 30.3 Å². The molecule has 0 aromatic heterocycles. The van der Waals surface area contributed by atoms with Crippen molar-refractivity contribution in [3.05, 3.63) is 64.2 Å². The Balaban J connectivity index is 2.26. The molecule has 2 rings (SSSR count). The summed E-state index contributed by atoms with van der Waals surface area (Å²) in [7, 11) is 0. The van der Waals surface area contributed by atoms with Crippen LogP contribution in [0, 0.1) is 17.0 Å². The van der Waals surface area contributed by atoms with Gasteiger partial charge in [0.15, 0.2) is 0 Å². The van der Waals surface area contributed by atoms with Gasteiger partial charge < -0.3 is 5.32 Å². The molecule has 0 amide bonds. The standard InChI is InChI=1S/C16H9ClF8N2O/c17-9-6-7(27-13(26)12-10(18)2-1-3-11(12)19)4-5-8(9)15(21,22)14(20)28-16(23,24)25/h1-6,14H,(H2,26,27). The molecular formula is C16H9ClF8N2O. The van der Waals surface area contributed by atoms with Gasteiger partial charge in [0.05, 0.1) is 10.6 Å². The summed E-state index contributed by atoms with van der Waals surface area (Å²) in [4.78, 5) is 0. The van der Waals surface area contributed by atoms with Crippen LogP contribution in [0.15, 0.2) is 36.4 Å². The zero-order chi connectivity index (χ0) is 21.3. The molecular weight excluding hydrogens is 424 g/mol. The van der Waals surface area contributed by atoms with Crippen molar-refractivity contribution in [1.29, 1.82) is 5.41 Å². The Morgan fingerprint density at radius 3 is 2.11 bits per heavy atom. The Labute approximate surface area is 157 Å². The van der Waals surface area contributed by atoms with E-state index in [1.54, 1.807) is 0 Å². The van der Waals surface area contributed by atoms with E-state index in [0.29, 0.717) is 6.07 Å². The number of ether oxygens (including phenoxy) is 1. The zero-order valence-electron chi connectivity index (χ0n) is 13.4. The number of hydrogen-bond acceptors (Lipinski definition) is 2. The lowest BCUT2D eigenvalue weighted by Crippen LogP contribution is -2.34. The Bertz CT molecular complexity index is 867. The molecule has 152 valence electrons. The van der Waals surface area contributed by atoms with Crippen LogP contribution in [0.1, 0.15) is 11.1 Å². The number of nitrogens with one attached hydrogen (secondary N) is 2. The lowest BCUT2D eigenvalue weighted by molar-refractivity contribution is -0.389. The molecule has 0 saturated heterocycles. The number of alkyl halides is 6. The molecule has 0 aliphatic carbocycles. The fourth-order valence-corrected chi connectivity index (χ4v) is 2.43. The highest BCUT2D eigenvalue weighted by molar-refractivity contribution is 6.31. The van der Waals surface area contributed by atoms with Gasteiger partial charge in [-0.2, -0.15) is 8.78 Å². The molecule has 0 saturated carbocycles. The van der Waals surface area contributed by atoms with E-state index in [2.05, 4.69) is 10.1 Å². The SMILES string of the molecule is N=C(Nc1ccc(C(F)(F)C(F)OC(F)(F)F)c(Cl)c1)c1c(F)cccc1F. The van der Waals surface area contributed by atoms with Crippen molar-refractivity contribution in [2.24, 2.45) is 0 Å². The lowest BCUT2D eigenvalue weighted by atomic mass is 10.1. The van der Waals surface area contributed by atoms with Gasteiger partial charge in [-0.05, 0) is 30.3 Å². The predicted molar refractivity (Wildman–Crippen MR) is 84.2 cm³/mol. The summed E-state index contributed by atoms with van der Waals surface area (Å²) in [6, 6.07) is 4.84. The molecule has 2 aromatic rings. The van der Waals surface area contributed by atoms with Crippen molar-refractivity contribution >= 4 is 23.1 Å². The van der Waals surface area contributed by atoms with Crippen LogP contribution in [-0.2, 0) is 10.7 Å². The van der Waals surface area contributed by atoms with Gasteiger partial charge in [0.1, 0.15) is 17.5 Å². The highest BCUT2D eigenvalue weighted by atomic mass is 35.5. The van der Waals surface area contributed by atoms with Crippen molar-refractivity contribution in [3.63, 3.8) is 0 Å². The maximum Gasteiger partial charge on any atom is 0.525 e. The summed E-state index contributed by atoms with van der Waals surface area (Å²) < 4.78 is 107. The Morgan fingerprint density at radius 2 is 1.61 bits per heavy atom. The molecule has 2 N–H and O–H groups in total. The summed E-state index contributed by atoms with van der Waals surface area (Å²) in [5, 5.41) is 9.00. The number of rotatable bonds is 5. The summed E-state index contributed by atoms with van der Waals surface area (Å²) in [6.07, 6.45) is -9.70. The van der Waals surface area contributed by atoms with Crippen LogP contribution in [0.25, 0.3) is 0 Å². The van der Waals surface area contributed by atoms with Crippen LogP contribution in [0.5, 0.6) is 0 Å². The van der Waals surface area contributed by atoms with E-state index < -0.39 is 52.3 Å². The number of benzene rings is 2. The summed E-state index contributed by atoms with van der Waals surface area (Å²) in [5.74, 6) is -7.68. The van der Waals surface area contributed by atoms with Gasteiger partial charge in [-0.1, -0.05) is 17.7 Å². The van der Waals surface area contributed by atoms with Crippen LogP contribution in [0.4, 0.5) is 40.8 Å². The van der Waals surface area contributed by atoms with Gasteiger partial charge in [-0.25, -0.2) is 13.2 Å². The topological polar surface area (TPSA) is 45.1 Å². The summed E-state index contributed by atoms with van der Waals surface area (Å²) >= 11 is 5.58. The molecule has 12 heteroatoms. The van der Waals surface area contributed by atoms with Crippen molar-refractivity contribution in [1.82, 2.24) is 0 Å². The third-order valence-electron chi connectivity index (χ3n) is 3.33. The fourth-order valence-electron chi connectivity index (χ4n) is 2.12. The smallest absolute Gasteiger partial charge is 0.340 e. The minimum absolute atomic E-state index is 0.204. The average Bonchev–Trinajstić information content (AvgIpc) is 2.52. The van der Waals surface area contributed by atoms with Crippen LogP contribution in [0.2, 0.25) is 5.02 Å². The molecule has 0 spiro atoms. The first-order valence-corrected chi connectivity index (χ1v) is 7.57. The van der Waals surface area contributed by atoms with Gasteiger partial charge in [-0.15, -0.1) is 13.2 Å². The van der Waals surface area contributed by atoms with Crippen molar-refractivity contribution in [2.75, 3.05) is 5.32 Å². The largest absolute Gasteiger partial charge is 0.525 e. The lowest BCUT2D eigenvalue weighted by Gasteiger charge is -2.23. The molecule has 1 atom stereocenters. The number of hydrogen-bond donors (Lipinski definition) is 2. The van der Waals surface area contributed by atoms with Gasteiger partial charge >= 0.3 is 12.3 Å². The third kappa shape index (κ3) is 4.90. The molecule has 1 unspecified atom stereocenters. The molecule has 0 fully saturated rings. The molecule has 0 heterocycles. The second-order valence-electron chi connectivity index (χ2n) is 5.29. The van der Waals surface area contributed by atoms with Crippen LogP contribution < -0.4 is 5.32 Å². The van der Waals surface area contributed by atoms with E-state index in [1.165, 1.54) is 0 Å². The molecule has 28 heavy (non-hydrogen) atoms. The van der Waals surface area contributed by atoms with Crippen molar-refractivity contribution in [2.45, 2.75) is 18.6 Å². The van der Waals surface area contributed by atoms with Gasteiger partial charge in [-0.3, -0.25) is 10.1 Å². The first kappa shape index (κ1) is 21.9. The van der Waals surface area contributed by atoms with E-state index in [-0.39, 0.29) is 5.69 Å². The quantitative estimate of drug-likeness (QED) is 0.347. The Morgan fingerprint density at radius 1 is 1.04 bits per heavy atom. The second-order valence-corrected chi connectivity index (χ2v) is 5.70. The fraction of sp³-hybridized carbons (Fsp3) is 0.188. The Kier molecular flexibility index (Phi) is 6.19. The van der Waals surface area contributed by atoms with Crippen molar-refractivity contribution in [3.8, 4) is 0 Å². The Hall–Kier alpha value is -2.40. The molecule has 0 radical (unpaired) electrons. The van der Waals surface area contributed by atoms with Gasteiger partial charge in [0.25, 0.3) is 6.36 Å². The van der Waals surface area contributed by atoms with E-state index >= 15 is 0 Å². The van der Waals surface area contributed by atoms with Crippen LogP contribution in [-0.4, -0.2) is 18.6 Å². The highest BCUT2D eigenvalue weighted by Crippen LogP contribution is 2.41. The molecule has 0 aliphatic rings. The second kappa shape index (κ2) is 7.92. The van der Waals surface area contributed by atoms with E-state index in [9.17, 15) is 35.1 Å². The minimum Gasteiger partial charge on any atom is -0.340 e. The maximum atomic E-state index is 13.9. The first-order chi connectivity index (χ1) is 12.8. The number of anilines is 1. The molecule has 0 bridgehead atoms. The zero-order valence-corrected chi connectivity index (χ0v) is 14.1. The summed E-state index contributed by atoms with van der Waals surface area (Å²) in [6.45, 7) is 0. The highest BCUT2D eigenvalue weighted by Gasteiger charge is 2.50. The average molecular weight is 433 g/mol. The van der Waals surface area contributed by atoms with Crippen LogP contribution >= 0.6 is 11.6 Å². The monoisotopic (exact) mass is 432 g/mol. The molecule has 3 nitrogen and oxygen atoms in total. The number of amidine groups is 1. The normalized spacial score (nSPS) is 13.3. The maximum absolute atomic E-state index is 13.9. The summed E-state index contributed by atoms with van der Waals surface area (Å²) in [5.41, 5.74) is -2.26. The van der Waals surface area contributed by atoms with Crippen molar-refractivity contribution < 1.29 is 39.9 Å². The molecule has 0 aliphatic heterocycles. The van der Waals surface area contributed by atoms with Gasteiger partial charge in [0, 0.05) is 11.3 Å².